The second kappa shape index (κ2) is 5.81. The topological polar surface area (TPSA) is 72.2 Å². The number of nitrogens with two attached hydrogens (primary N) is 1. The zero-order valence-electron chi connectivity index (χ0n) is 10.9. The molecular weight excluding hydrogens is 328 g/mol. The zero-order valence-corrected chi connectivity index (χ0v) is 13.3. The first kappa shape index (κ1) is 14.8. The van der Waals surface area contributed by atoms with Gasteiger partial charge in [0.1, 0.15) is 4.90 Å². The molecule has 0 saturated heterocycles. The summed E-state index contributed by atoms with van der Waals surface area (Å²) >= 11 is 3.28. The van der Waals surface area contributed by atoms with Crippen LogP contribution in [0.3, 0.4) is 0 Å². The molecule has 1 aromatic rings. The first-order chi connectivity index (χ1) is 8.88. The zero-order chi connectivity index (χ0) is 14.0. The number of anilines is 1. The monoisotopic (exact) mass is 346 g/mol. The van der Waals surface area contributed by atoms with Gasteiger partial charge in [0.25, 0.3) is 0 Å². The van der Waals surface area contributed by atoms with Crippen LogP contribution < -0.4 is 10.5 Å². The van der Waals surface area contributed by atoms with Gasteiger partial charge in [-0.25, -0.2) is 13.1 Å². The highest BCUT2D eigenvalue weighted by Crippen LogP contribution is 2.27. The molecule has 1 aliphatic carbocycles. The summed E-state index contributed by atoms with van der Waals surface area (Å²) < 4.78 is 28.2. The lowest BCUT2D eigenvalue weighted by Gasteiger charge is -2.27. The van der Waals surface area contributed by atoms with Crippen LogP contribution in [0.4, 0.5) is 5.69 Å². The van der Waals surface area contributed by atoms with Crippen molar-refractivity contribution in [1.29, 1.82) is 0 Å². The molecule has 6 heteroatoms. The molecule has 1 aliphatic rings. The smallest absolute Gasteiger partial charge is 0.242 e. The van der Waals surface area contributed by atoms with Gasteiger partial charge in [0, 0.05) is 10.5 Å². The van der Waals surface area contributed by atoms with E-state index in [9.17, 15) is 8.42 Å². The van der Waals surface area contributed by atoms with Crippen molar-refractivity contribution in [2.75, 3.05) is 5.73 Å². The fourth-order valence-electron chi connectivity index (χ4n) is 2.56. The van der Waals surface area contributed by atoms with Gasteiger partial charge in [-0.3, -0.25) is 0 Å². The molecule has 0 amide bonds. The van der Waals surface area contributed by atoms with E-state index in [0.717, 1.165) is 19.3 Å². The first-order valence-corrected chi connectivity index (χ1v) is 8.73. The van der Waals surface area contributed by atoms with Crippen molar-refractivity contribution in [1.82, 2.24) is 4.72 Å². The van der Waals surface area contributed by atoms with Crippen molar-refractivity contribution < 1.29 is 8.42 Å². The molecule has 1 saturated carbocycles. The highest BCUT2D eigenvalue weighted by Gasteiger charge is 2.25. The first-order valence-electron chi connectivity index (χ1n) is 6.46. The third kappa shape index (κ3) is 3.70. The molecule has 0 aromatic heterocycles. The molecule has 0 bridgehead atoms. The Morgan fingerprint density at radius 1 is 1.37 bits per heavy atom. The summed E-state index contributed by atoms with van der Waals surface area (Å²) in [5.41, 5.74) is 6.05. The Hall–Kier alpha value is -0.590. The minimum Gasteiger partial charge on any atom is -0.398 e. The predicted octanol–water partition coefficient (Wildman–Crippen LogP) is 2.89. The quantitative estimate of drug-likeness (QED) is 0.826. The fourth-order valence-corrected chi connectivity index (χ4v) is 4.52. The molecule has 2 atom stereocenters. The summed E-state index contributed by atoms with van der Waals surface area (Å²) in [6.07, 6.45) is 4.05. The normalized spacial score (nSPS) is 24.3. The maximum absolute atomic E-state index is 12.4. The summed E-state index contributed by atoms with van der Waals surface area (Å²) in [6, 6.07) is 4.90. The molecular formula is C13H19BrN2O2S. The van der Waals surface area contributed by atoms with Crippen LogP contribution in [0.25, 0.3) is 0 Å². The van der Waals surface area contributed by atoms with Crippen molar-refractivity contribution in [3.63, 3.8) is 0 Å². The highest BCUT2D eigenvalue weighted by molar-refractivity contribution is 9.10. The second-order valence-corrected chi connectivity index (χ2v) is 7.87. The largest absolute Gasteiger partial charge is 0.398 e. The molecule has 3 N–H and O–H groups in total. The fraction of sp³-hybridized carbons (Fsp3) is 0.538. The average Bonchev–Trinajstić information content (AvgIpc) is 2.31. The highest BCUT2D eigenvalue weighted by atomic mass is 79.9. The van der Waals surface area contributed by atoms with Crippen LogP contribution in [0, 0.1) is 5.92 Å². The SMILES string of the molecule is CC1CCCC(NS(=O)(=O)c2cc(Br)ccc2N)C1. The standard InChI is InChI=1S/C13H19BrN2O2S/c1-9-3-2-4-11(7-9)16-19(17,18)13-8-10(14)5-6-12(13)15/h5-6,8-9,11,16H,2-4,7,15H2,1H3. The Labute approximate surface area is 122 Å². The number of hydrogen-bond acceptors (Lipinski definition) is 3. The number of halogens is 1. The number of hydrogen-bond donors (Lipinski definition) is 2. The van der Waals surface area contributed by atoms with E-state index in [2.05, 4.69) is 27.6 Å². The summed E-state index contributed by atoms with van der Waals surface area (Å²) in [6.45, 7) is 2.16. The van der Waals surface area contributed by atoms with Crippen LogP contribution in [-0.2, 0) is 10.0 Å². The van der Waals surface area contributed by atoms with E-state index < -0.39 is 10.0 Å². The van der Waals surface area contributed by atoms with Crippen molar-refractivity contribution in [2.45, 2.75) is 43.5 Å². The van der Waals surface area contributed by atoms with E-state index in [1.807, 2.05) is 0 Å². The van der Waals surface area contributed by atoms with Crippen LogP contribution >= 0.6 is 15.9 Å². The molecule has 106 valence electrons. The molecule has 1 aromatic carbocycles. The summed E-state index contributed by atoms with van der Waals surface area (Å²) in [4.78, 5) is 0.153. The van der Waals surface area contributed by atoms with Crippen LogP contribution in [0.2, 0.25) is 0 Å². The molecule has 0 spiro atoms. The molecule has 1 fully saturated rings. The van der Waals surface area contributed by atoms with Gasteiger partial charge >= 0.3 is 0 Å². The maximum atomic E-state index is 12.4. The van der Waals surface area contributed by atoms with Crippen molar-refractivity contribution in [3.8, 4) is 0 Å². The van der Waals surface area contributed by atoms with Gasteiger partial charge in [-0.2, -0.15) is 0 Å². The number of sulfonamides is 1. The molecule has 0 heterocycles. The Morgan fingerprint density at radius 3 is 2.79 bits per heavy atom. The molecule has 19 heavy (non-hydrogen) atoms. The minimum absolute atomic E-state index is 0.0205. The molecule has 2 rings (SSSR count). The lowest BCUT2D eigenvalue weighted by atomic mass is 9.88. The van der Waals surface area contributed by atoms with E-state index in [-0.39, 0.29) is 16.6 Å². The van der Waals surface area contributed by atoms with Crippen molar-refractivity contribution in [3.05, 3.63) is 22.7 Å². The Kier molecular flexibility index (Phi) is 4.53. The Balaban J connectivity index is 2.20. The third-order valence-electron chi connectivity index (χ3n) is 3.52. The molecule has 2 unspecified atom stereocenters. The van der Waals surface area contributed by atoms with Crippen LogP contribution in [0.5, 0.6) is 0 Å². The number of nitrogen functional groups attached to an aromatic ring is 1. The van der Waals surface area contributed by atoms with E-state index in [1.54, 1.807) is 18.2 Å². The van der Waals surface area contributed by atoms with Crippen molar-refractivity contribution in [2.24, 2.45) is 5.92 Å². The van der Waals surface area contributed by atoms with E-state index in [4.69, 9.17) is 5.73 Å². The maximum Gasteiger partial charge on any atom is 0.242 e. The Morgan fingerprint density at radius 2 is 2.11 bits per heavy atom. The van der Waals surface area contributed by atoms with Crippen LogP contribution in [-0.4, -0.2) is 14.5 Å². The van der Waals surface area contributed by atoms with E-state index in [0.29, 0.717) is 10.4 Å². The number of benzene rings is 1. The predicted molar refractivity (Wildman–Crippen MR) is 80.3 cm³/mol. The lowest BCUT2D eigenvalue weighted by molar-refractivity contribution is 0.327. The molecule has 0 aliphatic heterocycles. The van der Waals surface area contributed by atoms with Gasteiger partial charge in [0.05, 0.1) is 5.69 Å². The van der Waals surface area contributed by atoms with Gasteiger partial charge in [0.2, 0.25) is 10.0 Å². The summed E-state index contributed by atoms with van der Waals surface area (Å²) in [7, 11) is -3.54. The van der Waals surface area contributed by atoms with Gasteiger partial charge < -0.3 is 5.73 Å². The average molecular weight is 347 g/mol. The Bertz CT molecular complexity index is 560. The number of nitrogens with one attached hydrogen (secondary N) is 1. The van der Waals surface area contributed by atoms with Gasteiger partial charge in [-0.05, 0) is 37.0 Å². The van der Waals surface area contributed by atoms with Gasteiger partial charge in [-0.1, -0.05) is 35.7 Å². The van der Waals surface area contributed by atoms with Crippen LogP contribution in [0.1, 0.15) is 32.6 Å². The van der Waals surface area contributed by atoms with E-state index >= 15 is 0 Å². The van der Waals surface area contributed by atoms with Crippen molar-refractivity contribution >= 4 is 31.6 Å². The second-order valence-electron chi connectivity index (χ2n) is 5.27. The van der Waals surface area contributed by atoms with Gasteiger partial charge in [-0.15, -0.1) is 0 Å². The lowest BCUT2D eigenvalue weighted by Crippen LogP contribution is -2.38. The van der Waals surface area contributed by atoms with Crippen LogP contribution in [0.15, 0.2) is 27.6 Å². The molecule has 4 nitrogen and oxygen atoms in total. The summed E-state index contributed by atoms with van der Waals surface area (Å²) in [5, 5.41) is 0. The molecule has 0 radical (unpaired) electrons. The number of rotatable bonds is 3. The third-order valence-corrected chi connectivity index (χ3v) is 5.59. The summed E-state index contributed by atoms with van der Waals surface area (Å²) in [5.74, 6) is 0.571. The van der Waals surface area contributed by atoms with Gasteiger partial charge in [0.15, 0.2) is 0 Å². The van der Waals surface area contributed by atoms with E-state index in [1.165, 1.54) is 6.42 Å². The minimum atomic E-state index is -3.54.